The molecule has 3 nitrogen and oxygen atoms in total. The molecule has 2 heterocycles. The van der Waals surface area contributed by atoms with Gasteiger partial charge in [-0.15, -0.1) is 12.4 Å². The fourth-order valence-electron chi connectivity index (χ4n) is 4.23. The van der Waals surface area contributed by atoms with Crippen LogP contribution >= 0.6 is 12.4 Å². The third-order valence-electron chi connectivity index (χ3n) is 5.25. The predicted molar refractivity (Wildman–Crippen MR) is 79.5 cm³/mol. The van der Waals surface area contributed by atoms with Crippen LogP contribution in [0.15, 0.2) is 0 Å². The van der Waals surface area contributed by atoms with Gasteiger partial charge < -0.3 is 10.6 Å². The fourth-order valence-corrected chi connectivity index (χ4v) is 4.23. The zero-order valence-corrected chi connectivity index (χ0v) is 12.7. The molecule has 0 radical (unpaired) electrons. The van der Waals surface area contributed by atoms with Crippen molar-refractivity contribution in [3.05, 3.63) is 0 Å². The summed E-state index contributed by atoms with van der Waals surface area (Å²) in [6.07, 6.45) is 9.58. The van der Waals surface area contributed by atoms with E-state index in [9.17, 15) is 4.79 Å². The van der Waals surface area contributed by atoms with E-state index in [0.717, 1.165) is 6.42 Å². The van der Waals surface area contributed by atoms with Crippen LogP contribution < -0.4 is 10.6 Å². The van der Waals surface area contributed by atoms with E-state index in [-0.39, 0.29) is 12.4 Å². The van der Waals surface area contributed by atoms with Crippen LogP contribution in [-0.4, -0.2) is 24.0 Å². The van der Waals surface area contributed by atoms with E-state index >= 15 is 0 Å². The summed E-state index contributed by atoms with van der Waals surface area (Å²) in [6.45, 7) is 2.27. The van der Waals surface area contributed by atoms with Crippen molar-refractivity contribution >= 4 is 18.3 Å². The predicted octanol–water partition coefficient (Wildman–Crippen LogP) is 2.63. The summed E-state index contributed by atoms with van der Waals surface area (Å²) in [5.74, 6) is 1.61. The Morgan fingerprint density at radius 3 is 2.42 bits per heavy atom. The van der Waals surface area contributed by atoms with Crippen molar-refractivity contribution in [1.29, 1.82) is 0 Å². The van der Waals surface area contributed by atoms with E-state index in [2.05, 4.69) is 17.6 Å². The van der Waals surface area contributed by atoms with Gasteiger partial charge in [-0.05, 0) is 50.4 Å². The standard InChI is InChI=1S/C15H26N2O.ClH/c1-10-3-2-4-14(10)17-15(18)9-11-7-12-5-6-13(8-11)16-12;/h10-14,16H,2-9H2,1H3,(H,17,18);1H. The van der Waals surface area contributed by atoms with Crippen LogP contribution in [0.4, 0.5) is 0 Å². The fraction of sp³-hybridized carbons (Fsp3) is 0.933. The average Bonchev–Trinajstić information content (AvgIpc) is 2.86. The Kier molecular flexibility index (Phi) is 5.13. The molecule has 2 N–H and O–H groups in total. The first kappa shape index (κ1) is 15.1. The Morgan fingerprint density at radius 2 is 1.84 bits per heavy atom. The summed E-state index contributed by atoms with van der Waals surface area (Å²) in [6, 6.07) is 1.86. The van der Waals surface area contributed by atoms with E-state index in [0.29, 0.717) is 35.9 Å². The summed E-state index contributed by atoms with van der Waals surface area (Å²) < 4.78 is 0. The van der Waals surface area contributed by atoms with Crippen molar-refractivity contribution < 1.29 is 4.79 Å². The molecule has 0 spiro atoms. The molecule has 110 valence electrons. The quantitative estimate of drug-likeness (QED) is 0.837. The smallest absolute Gasteiger partial charge is 0.220 e. The highest BCUT2D eigenvalue weighted by molar-refractivity contribution is 5.85. The Hall–Kier alpha value is -0.280. The summed E-state index contributed by atoms with van der Waals surface area (Å²) in [4.78, 5) is 12.1. The zero-order valence-electron chi connectivity index (χ0n) is 11.9. The molecule has 19 heavy (non-hydrogen) atoms. The van der Waals surface area contributed by atoms with E-state index < -0.39 is 0 Å². The minimum atomic E-state index is 0. The molecule has 4 unspecified atom stereocenters. The third kappa shape index (κ3) is 3.63. The molecular formula is C15H27ClN2O. The molecule has 3 aliphatic rings. The maximum absolute atomic E-state index is 12.1. The molecule has 3 rings (SSSR count). The normalized spacial score (nSPS) is 40.8. The highest BCUT2D eigenvalue weighted by Gasteiger charge is 2.34. The number of fused-ring (bicyclic) bond motifs is 2. The van der Waals surface area contributed by atoms with Gasteiger partial charge in [0.05, 0.1) is 0 Å². The lowest BCUT2D eigenvalue weighted by Gasteiger charge is -2.29. The molecule has 4 heteroatoms. The van der Waals surface area contributed by atoms with Crippen molar-refractivity contribution in [1.82, 2.24) is 10.6 Å². The van der Waals surface area contributed by atoms with Crippen LogP contribution in [0.25, 0.3) is 0 Å². The molecule has 0 aromatic carbocycles. The number of nitrogens with one attached hydrogen (secondary N) is 2. The van der Waals surface area contributed by atoms with Crippen molar-refractivity contribution in [3.8, 4) is 0 Å². The Balaban J connectivity index is 0.00000133. The van der Waals surface area contributed by atoms with Crippen LogP contribution in [-0.2, 0) is 4.79 Å². The lowest BCUT2D eigenvalue weighted by Crippen LogP contribution is -2.41. The minimum absolute atomic E-state index is 0. The lowest BCUT2D eigenvalue weighted by atomic mass is 9.89. The number of piperidine rings is 1. The van der Waals surface area contributed by atoms with Gasteiger partial charge in [-0.1, -0.05) is 13.3 Å². The van der Waals surface area contributed by atoms with E-state index in [1.807, 2.05) is 0 Å². The van der Waals surface area contributed by atoms with Gasteiger partial charge in [0, 0.05) is 24.5 Å². The van der Waals surface area contributed by atoms with Gasteiger partial charge in [0.2, 0.25) is 5.91 Å². The Morgan fingerprint density at radius 1 is 1.16 bits per heavy atom. The number of amides is 1. The van der Waals surface area contributed by atoms with Crippen LogP contribution in [0, 0.1) is 11.8 Å². The SMILES string of the molecule is CC1CCCC1NC(=O)CC1CC2CCC(C1)N2.Cl. The molecule has 3 fully saturated rings. The first-order valence-electron chi connectivity index (χ1n) is 7.76. The van der Waals surface area contributed by atoms with Crippen LogP contribution in [0.2, 0.25) is 0 Å². The highest BCUT2D eigenvalue weighted by Crippen LogP contribution is 2.33. The number of rotatable bonds is 3. The van der Waals surface area contributed by atoms with Gasteiger partial charge >= 0.3 is 0 Å². The molecule has 1 aliphatic carbocycles. The number of carbonyl (C=O) groups excluding carboxylic acids is 1. The zero-order chi connectivity index (χ0) is 12.5. The molecule has 2 aliphatic heterocycles. The van der Waals surface area contributed by atoms with E-state index in [1.54, 1.807) is 0 Å². The maximum atomic E-state index is 12.1. The number of carbonyl (C=O) groups is 1. The topological polar surface area (TPSA) is 41.1 Å². The molecular weight excluding hydrogens is 260 g/mol. The summed E-state index contributed by atoms with van der Waals surface area (Å²) in [5.41, 5.74) is 0. The van der Waals surface area contributed by atoms with Gasteiger partial charge in [0.1, 0.15) is 0 Å². The second kappa shape index (κ2) is 6.45. The molecule has 1 amide bonds. The van der Waals surface area contributed by atoms with Crippen molar-refractivity contribution in [2.24, 2.45) is 11.8 Å². The maximum Gasteiger partial charge on any atom is 0.220 e. The third-order valence-corrected chi connectivity index (χ3v) is 5.25. The summed E-state index contributed by atoms with van der Waals surface area (Å²) in [7, 11) is 0. The second-order valence-corrected chi connectivity index (χ2v) is 6.76. The minimum Gasteiger partial charge on any atom is -0.353 e. The molecule has 2 bridgehead atoms. The number of halogens is 1. The molecule has 0 aromatic heterocycles. The van der Waals surface area contributed by atoms with Crippen molar-refractivity contribution in [2.75, 3.05) is 0 Å². The lowest BCUT2D eigenvalue weighted by molar-refractivity contribution is -0.123. The van der Waals surface area contributed by atoms with Gasteiger partial charge in [0.25, 0.3) is 0 Å². The summed E-state index contributed by atoms with van der Waals surface area (Å²) in [5, 5.41) is 6.91. The van der Waals surface area contributed by atoms with Gasteiger partial charge in [-0.25, -0.2) is 0 Å². The average molecular weight is 287 g/mol. The second-order valence-electron chi connectivity index (χ2n) is 6.76. The number of hydrogen-bond acceptors (Lipinski definition) is 2. The molecule has 0 aromatic rings. The monoisotopic (exact) mass is 286 g/mol. The van der Waals surface area contributed by atoms with Crippen LogP contribution in [0.1, 0.15) is 58.3 Å². The van der Waals surface area contributed by atoms with E-state index in [1.165, 1.54) is 44.9 Å². The first-order valence-corrected chi connectivity index (χ1v) is 7.76. The van der Waals surface area contributed by atoms with Crippen molar-refractivity contribution in [3.63, 3.8) is 0 Å². The summed E-state index contributed by atoms with van der Waals surface area (Å²) >= 11 is 0. The Bertz CT molecular complexity index is 311. The molecule has 1 saturated carbocycles. The van der Waals surface area contributed by atoms with Crippen LogP contribution in [0.5, 0.6) is 0 Å². The molecule has 2 saturated heterocycles. The van der Waals surface area contributed by atoms with Gasteiger partial charge in [0.15, 0.2) is 0 Å². The van der Waals surface area contributed by atoms with E-state index in [4.69, 9.17) is 0 Å². The van der Waals surface area contributed by atoms with Crippen molar-refractivity contribution in [2.45, 2.75) is 76.4 Å². The van der Waals surface area contributed by atoms with Gasteiger partial charge in [-0.3, -0.25) is 4.79 Å². The molecule has 4 atom stereocenters. The largest absolute Gasteiger partial charge is 0.353 e. The highest BCUT2D eigenvalue weighted by atomic mass is 35.5. The number of hydrogen-bond donors (Lipinski definition) is 2. The van der Waals surface area contributed by atoms with Crippen LogP contribution in [0.3, 0.4) is 0 Å². The Labute approximate surface area is 122 Å². The first-order chi connectivity index (χ1) is 8.70. The van der Waals surface area contributed by atoms with Gasteiger partial charge in [-0.2, -0.15) is 0 Å².